The first-order valence-corrected chi connectivity index (χ1v) is 10.8. The van der Waals surface area contributed by atoms with Crippen LogP contribution < -0.4 is 10.1 Å². The summed E-state index contributed by atoms with van der Waals surface area (Å²) in [7, 11) is 0. The lowest BCUT2D eigenvalue weighted by molar-refractivity contribution is -0.137. The van der Waals surface area contributed by atoms with E-state index in [4.69, 9.17) is 9.84 Å². The number of fused-ring (bicyclic) bond motifs is 1. The molecule has 0 unspecified atom stereocenters. The molecule has 4 rings (SSSR count). The molecular weight excluding hydrogens is 409 g/mol. The van der Waals surface area contributed by atoms with E-state index >= 15 is 0 Å². The van der Waals surface area contributed by atoms with Crippen LogP contribution in [0, 0.1) is 5.82 Å². The Morgan fingerprint density at radius 3 is 2.66 bits per heavy atom. The Morgan fingerprint density at radius 2 is 1.91 bits per heavy atom. The van der Waals surface area contributed by atoms with Crippen molar-refractivity contribution in [3.05, 3.63) is 77.6 Å². The molecule has 6 nitrogen and oxygen atoms in total. The van der Waals surface area contributed by atoms with Crippen LogP contribution >= 0.6 is 0 Å². The molecule has 1 atom stereocenters. The number of nitrogens with one attached hydrogen (secondary N) is 1. The van der Waals surface area contributed by atoms with Gasteiger partial charge >= 0.3 is 5.97 Å². The van der Waals surface area contributed by atoms with Crippen molar-refractivity contribution in [2.24, 2.45) is 0 Å². The number of benzene rings is 2. The van der Waals surface area contributed by atoms with Gasteiger partial charge < -0.3 is 15.2 Å². The molecule has 32 heavy (non-hydrogen) atoms. The lowest BCUT2D eigenvalue weighted by Crippen LogP contribution is -2.18. The Morgan fingerprint density at radius 1 is 1.12 bits per heavy atom. The highest BCUT2D eigenvalue weighted by Crippen LogP contribution is 2.37. The Bertz CT molecular complexity index is 1060. The average Bonchev–Trinajstić information content (AvgIpc) is 3.18. The highest BCUT2D eigenvalue weighted by molar-refractivity contribution is 5.68. The SMILES string of the molecule is O=C(O)C[C@@H]1CCc2cc(OCCCNCc3ncc(-c4ccc(F)cc4)cn3)ccc21. The summed E-state index contributed by atoms with van der Waals surface area (Å²) in [4.78, 5) is 19.7. The lowest BCUT2D eigenvalue weighted by atomic mass is 9.98. The number of carboxylic acid groups (broad SMARTS) is 1. The second-order valence-electron chi connectivity index (χ2n) is 7.97. The van der Waals surface area contributed by atoms with Crippen LogP contribution in [0.15, 0.2) is 54.9 Å². The molecule has 0 spiro atoms. The van der Waals surface area contributed by atoms with Gasteiger partial charge in [-0.1, -0.05) is 18.2 Å². The number of aromatic nitrogens is 2. The Hall–Kier alpha value is -3.32. The van der Waals surface area contributed by atoms with Gasteiger partial charge in [0, 0.05) is 18.0 Å². The maximum absolute atomic E-state index is 13.0. The number of hydrogen-bond donors (Lipinski definition) is 2. The van der Waals surface area contributed by atoms with Gasteiger partial charge in [0.15, 0.2) is 0 Å². The van der Waals surface area contributed by atoms with Crippen molar-refractivity contribution in [3.63, 3.8) is 0 Å². The number of aliphatic carboxylic acids is 1. The quantitative estimate of drug-likeness (QED) is 0.461. The van der Waals surface area contributed by atoms with Gasteiger partial charge in [-0.15, -0.1) is 0 Å². The first-order chi connectivity index (χ1) is 15.6. The Labute approximate surface area is 186 Å². The molecule has 2 N–H and O–H groups in total. The highest BCUT2D eigenvalue weighted by atomic mass is 19.1. The number of hydrogen-bond acceptors (Lipinski definition) is 5. The van der Waals surface area contributed by atoms with Crippen LogP contribution in [0.1, 0.15) is 42.1 Å². The summed E-state index contributed by atoms with van der Waals surface area (Å²) in [5, 5.41) is 12.3. The van der Waals surface area contributed by atoms with Gasteiger partial charge in [-0.25, -0.2) is 14.4 Å². The Kier molecular flexibility index (Phi) is 7.07. The minimum atomic E-state index is -0.745. The van der Waals surface area contributed by atoms with E-state index in [0.29, 0.717) is 19.0 Å². The van der Waals surface area contributed by atoms with E-state index in [2.05, 4.69) is 15.3 Å². The molecule has 0 radical (unpaired) electrons. The fraction of sp³-hybridized carbons (Fsp3) is 0.320. The van der Waals surface area contributed by atoms with Crippen LogP contribution in [-0.4, -0.2) is 34.2 Å². The van der Waals surface area contributed by atoms with Crippen LogP contribution in [0.25, 0.3) is 11.1 Å². The number of ether oxygens (including phenoxy) is 1. The summed E-state index contributed by atoms with van der Waals surface area (Å²) in [5.74, 6) is 0.642. The van der Waals surface area contributed by atoms with E-state index < -0.39 is 5.97 Å². The summed E-state index contributed by atoms with van der Waals surface area (Å²) < 4.78 is 18.9. The minimum absolute atomic E-state index is 0.118. The summed E-state index contributed by atoms with van der Waals surface area (Å²) >= 11 is 0. The van der Waals surface area contributed by atoms with Crippen molar-refractivity contribution in [2.45, 2.75) is 38.1 Å². The third kappa shape index (κ3) is 5.68. The molecule has 0 bridgehead atoms. The second-order valence-corrected chi connectivity index (χ2v) is 7.97. The van der Waals surface area contributed by atoms with Crippen molar-refractivity contribution >= 4 is 5.97 Å². The van der Waals surface area contributed by atoms with Crippen molar-refractivity contribution in [1.82, 2.24) is 15.3 Å². The number of rotatable bonds is 10. The molecule has 166 valence electrons. The number of aryl methyl sites for hydroxylation is 1. The van der Waals surface area contributed by atoms with E-state index in [-0.39, 0.29) is 18.2 Å². The number of carbonyl (C=O) groups is 1. The number of nitrogens with zero attached hydrogens (tertiary/aromatic N) is 2. The molecule has 7 heteroatoms. The fourth-order valence-electron chi connectivity index (χ4n) is 4.02. The summed E-state index contributed by atoms with van der Waals surface area (Å²) in [6.45, 7) is 1.93. The zero-order valence-electron chi connectivity index (χ0n) is 17.8. The van der Waals surface area contributed by atoms with Crippen LogP contribution in [-0.2, 0) is 17.8 Å². The van der Waals surface area contributed by atoms with Crippen molar-refractivity contribution in [2.75, 3.05) is 13.2 Å². The first kappa shape index (κ1) is 21.9. The van der Waals surface area contributed by atoms with Crippen LogP contribution in [0.2, 0.25) is 0 Å². The summed E-state index contributed by atoms with van der Waals surface area (Å²) in [6, 6.07) is 12.3. The standard InChI is InChI=1S/C25H26FN3O3/c26-21-6-4-17(5-7-21)20-14-28-24(29-15-20)16-27-10-1-11-32-22-8-9-23-18(12-22)2-3-19(23)13-25(30)31/h4-9,12,14-15,19,27H,1-3,10-11,13,16H2,(H,30,31)/t19-/m0/s1. The first-order valence-electron chi connectivity index (χ1n) is 10.8. The number of carboxylic acids is 1. The third-order valence-corrected chi connectivity index (χ3v) is 5.67. The van der Waals surface area contributed by atoms with E-state index in [9.17, 15) is 9.18 Å². The largest absolute Gasteiger partial charge is 0.494 e. The predicted octanol–water partition coefficient (Wildman–Crippen LogP) is 4.35. The highest BCUT2D eigenvalue weighted by Gasteiger charge is 2.24. The molecule has 1 heterocycles. The molecule has 1 aliphatic rings. The zero-order valence-corrected chi connectivity index (χ0v) is 17.8. The van der Waals surface area contributed by atoms with E-state index in [1.165, 1.54) is 17.7 Å². The topological polar surface area (TPSA) is 84.3 Å². The Balaban J connectivity index is 1.16. The third-order valence-electron chi connectivity index (χ3n) is 5.67. The molecule has 0 amide bonds. The van der Waals surface area contributed by atoms with E-state index in [1.54, 1.807) is 24.5 Å². The monoisotopic (exact) mass is 435 g/mol. The van der Waals surface area contributed by atoms with Crippen LogP contribution in [0.3, 0.4) is 0 Å². The maximum Gasteiger partial charge on any atom is 0.303 e. The summed E-state index contributed by atoms with van der Waals surface area (Å²) in [6.07, 6.45) is 6.32. The van der Waals surface area contributed by atoms with Crippen LogP contribution in [0.4, 0.5) is 4.39 Å². The molecule has 1 aliphatic carbocycles. The molecule has 0 saturated carbocycles. The van der Waals surface area contributed by atoms with Gasteiger partial charge in [-0.05, 0) is 72.7 Å². The van der Waals surface area contributed by atoms with Gasteiger partial charge in [0.25, 0.3) is 0 Å². The fourth-order valence-corrected chi connectivity index (χ4v) is 4.02. The second kappa shape index (κ2) is 10.3. The summed E-state index contributed by atoms with van der Waals surface area (Å²) in [5.41, 5.74) is 4.08. The predicted molar refractivity (Wildman–Crippen MR) is 119 cm³/mol. The van der Waals surface area contributed by atoms with Crippen molar-refractivity contribution in [3.8, 4) is 16.9 Å². The van der Waals surface area contributed by atoms with Crippen LogP contribution in [0.5, 0.6) is 5.75 Å². The van der Waals surface area contributed by atoms with Gasteiger partial charge in [0.05, 0.1) is 19.6 Å². The lowest BCUT2D eigenvalue weighted by Gasteiger charge is -2.11. The molecule has 3 aromatic rings. The maximum atomic E-state index is 13.0. The van der Waals surface area contributed by atoms with Gasteiger partial charge in [0.2, 0.25) is 0 Å². The van der Waals surface area contributed by atoms with E-state index in [0.717, 1.165) is 48.2 Å². The van der Waals surface area contributed by atoms with Gasteiger partial charge in [0.1, 0.15) is 17.4 Å². The zero-order chi connectivity index (χ0) is 22.3. The van der Waals surface area contributed by atoms with Gasteiger partial charge in [-0.2, -0.15) is 0 Å². The molecule has 0 saturated heterocycles. The van der Waals surface area contributed by atoms with Gasteiger partial charge in [-0.3, -0.25) is 4.79 Å². The number of halogens is 1. The molecule has 2 aromatic carbocycles. The molecule has 1 aromatic heterocycles. The molecular formula is C25H26FN3O3. The van der Waals surface area contributed by atoms with E-state index in [1.807, 2.05) is 18.2 Å². The van der Waals surface area contributed by atoms with Crippen molar-refractivity contribution < 1.29 is 19.0 Å². The molecule has 0 fully saturated rings. The molecule has 0 aliphatic heterocycles. The normalized spacial score (nSPS) is 14.8. The smallest absolute Gasteiger partial charge is 0.303 e. The average molecular weight is 435 g/mol. The minimum Gasteiger partial charge on any atom is -0.494 e. The van der Waals surface area contributed by atoms with Crippen molar-refractivity contribution in [1.29, 1.82) is 0 Å².